The number of thiophene rings is 1. The smallest absolute Gasteiger partial charge is 0.179 e. The number of pyridine rings is 1. The molecule has 0 atom stereocenters. The summed E-state index contributed by atoms with van der Waals surface area (Å²) in [5.74, 6) is 0.924. The molecule has 0 saturated carbocycles. The highest BCUT2D eigenvalue weighted by Gasteiger charge is 2.42. The molecule has 1 aliphatic heterocycles. The minimum atomic E-state index is -2.94. The van der Waals surface area contributed by atoms with E-state index in [0.29, 0.717) is 0 Å². The lowest BCUT2D eigenvalue weighted by Crippen LogP contribution is -2.74. The zero-order chi connectivity index (χ0) is 36.5. The van der Waals surface area contributed by atoms with Crippen LogP contribution in [0.2, 0.25) is 0 Å². The van der Waals surface area contributed by atoms with Crippen LogP contribution in [0.3, 0.4) is 0 Å². The third-order valence-corrected chi connectivity index (χ3v) is 17.4. The molecule has 11 rings (SSSR count). The van der Waals surface area contributed by atoms with Crippen molar-refractivity contribution in [1.29, 1.82) is 0 Å². The Morgan fingerprint density at radius 1 is 0.527 bits per heavy atom. The van der Waals surface area contributed by atoms with Gasteiger partial charge in [-0.25, -0.2) is 4.98 Å². The van der Waals surface area contributed by atoms with E-state index in [1.807, 2.05) is 23.6 Å². The maximum absolute atomic E-state index is 5.01. The van der Waals surface area contributed by atoms with E-state index in [-0.39, 0.29) is 0 Å². The lowest BCUT2D eigenvalue weighted by molar-refractivity contribution is 0.950. The van der Waals surface area contributed by atoms with Crippen LogP contribution < -0.4 is 30.5 Å². The molecule has 3 aromatic heterocycles. The maximum Gasteiger partial charge on any atom is 0.179 e. The number of hydrogen-bond acceptors (Lipinski definition) is 4. The summed E-state index contributed by atoms with van der Waals surface area (Å²) >= 11 is 1.86. The normalized spacial score (nSPS) is 13.0. The third kappa shape index (κ3) is 4.78. The first kappa shape index (κ1) is 32.0. The molecule has 0 N–H and O–H groups in total. The molecule has 0 fully saturated rings. The van der Waals surface area contributed by atoms with Crippen molar-refractivity contribution in [3.8, 4) is 5.82 Å². The van der Waals surface area contributed by atoms with Crippen LogP contribution in [0.4, 0.5) is 17.1 Å². The number of para-hydroxylation sites is 2. The zero-order valence-electron chi connectivity index (χ0n) is 30.3. The highest BCUT2D eigenvalue weighted by atomic mass is 32.1. The van der Waals surface area contributed by atoms with E-state index in [1.165, 1.54) is 79.8 Å². The van der Waals surface area contributed by atoms with Gasteiger partial charge in [0.2, 0.25) is 0 Å². The second-order valence-electron chi connectivity index (χ2n) is 14.5. The van der Waals surface area contributed by atoms with E-state index in [4.69, 9.17) is 4.98 Å². The predicted octanol–water partition coefficient (Wildman–Crippen LogP) is 9.47. The highest BCUT2D eigenvalue weighted by molar-refractivity contribution is 7.26. The van der Waals surface area contributed by atoms with Crippen LogP contribution >= 0.6 is 11.3 Å². The van der Waals surface area contributed by atoms with E-state index >= 15 is 0 Å². The molecule has 0 aliphatic carbocycles. The van der Waals surface area contributed by atoms with E-state index < -0.39 is 8.07 Å². The average molecular weight is 741 g/mol. The van der Waals surface area contributed by atoms with Gasteiger partial charge in [-0.3, -0.25) is 4.57 Å². The largest absolute Gasteiger partial charge is 0.355 e. The van der Waals surface area contributed by atoms with Gasteiger partial charge in [-0.15, -0.1) is 11.3 Å². The van der Waals surface area contributed by atoms with Crippen LogP contribution in [-0.4, -0.2) is 31.3 Å². The van der Waals surface area contributed by atoms with Crippen LogP contribution in [-0.2, 0) is 0 Å². The van der Waals surface area contributed by atoms with Crippen molar-refractivity contribution in [2.45, 2.75) is 0 Å². The molecule has 4 nitrogen and oxygen atoms in total. The summed E-state index contributed by atoms with van der Waals surface area (Å²) in [5.41, 5.74) is 6.08. The number of aromatic nitrogens is 2. The molecule has 0 saturated heterocycles. The summed E-state index contributed by atoms with van der Waals surface area (Å²) in [6.07, 6.45) is 1.91. The molecule has 0 radical (unpaired) electrons. The van der Waals surface area contributed by atoms with Crippen molar-refractivity contribution >= 4 is 99.2 Å². The van der Waals surface area contributed by atoms with Gasteiger partial charge < -0.3 is 9.80 Å². The number of anilines is 3. The average Bonchev–Trinajstić information content (AvgIpc) is 3.91. The topological polar surface area (TPSA) is 24.3 Å². The van der Waals surface area contributed by atoms with Gasteiger partial charge in [-0.1, -0.05) is 127 Å². The minimum absolute atomic E-state index is 0.801. The first-order valence-electron chi connectivity index (χ1n) is 18.8. The Morgan fingerprint density at radius 2 is 1.20 bits per heavy atom. The van der Waals surface area contributed by atoms with Crippen LogP contribution in [0, 0.1) is 0 Å². The lowest BCUT2D eigenvalue weighted by Gasteiger charge is -2.35. The zero-order valence-corrected chi connectivity index (χ0v) is 32.1. The molecule has 4 heterocycles. The molecular weight excluding hydrogens is 705 g/mol. The maximum atomic E-state index is 5.01. The number of fused-ring (bicyclic) bond motifs is 8. The van der Waals surface area contributed by atoms with Crippen molar-refractivity contribution in [3.63, 3.8) is 0 Å². The Kier molecular flexibility index (Phi) is 7.30. The van der Waals surface area contributed by atoms with E-state index in [2.05, 4.69) is 197 Å². The summed E-state index contributed by atoms with van der Waals surface area (Å²) < 4.78 is 5.02. The Labute approximate surface area is 324 Å². The first-order valence-corrected chi connectivity index (χ1v) is 21.6. The SMILES string of the molecule is CN1CN(c2cccc([Si](c3ccccc3)(c3ccccc3)c3ccc4c5ccc6sc7ccccc7c6c5n(-c5ccccn5)c4c3)c2)c2ccccc21. The van der Waals surface area contributed by atoms with Gasteiger partial charge >= 0.3 is 0 Å². The van der Waals surface area contributed by atoms with Gasteiger partial charge in [0, 0.05) is 49.9 Å². The molecule has 1 aliphatic rings. The summed E-state index contributed by atoms with van der Waals surface area (Å²) in [5, 5.41) is 10.4. The number of rotatable bonds is 6. The molecule has 10 aromatic rings. The Balaban J connectivity index is 1.24. The highest BCUT2D eigenvalue weighted by Crippen LogP contribution is 2.43. The third-order valence-electron chi connectivity index (χ3n) is 11.5. The number of hydrogen-bond donors (Lipinski definition) is 0. The number of benzene rings is 7. The Hall–Kier alpha value is -6.47. The van der Waals surface area contributed by atoms with Gasteiger partial charge in [0.25, 0.3) is 0 Å². The van der Waals surface area contributed by atoms with E-state index in [0.717, 1.165) is 12.5 Å². The van der Waals surface area contributed by atoms with Crippen LogP contribution in [0.1, 0.15) is 0 Å². The van der Waals surface area contributed by atoms with Gasteiger partial charge in [-0.2, -0.15) is 0 Å². The fraction of sp³-hybridized carbons (Fsp3) is 0.0408. The van der Waals surface area contributed by atoms with Crippen LogP contribution in [0.5, 0.6) is 0 Å². The van der Waals surface area contributed by atoms with Crippen LogP contribution in [0.25, 0.3) is 47.8 Å². The molecular formula is C49H36N4SSi. The monoisotopic (exact) mass is 740 g/mol. The molecule has 0 spiro atoms. The molecule has 6 heteroatoms. The van der Waals surface area contributed by atoms with Gasteiger partial charge in [0.15, 0.2) is 8.07 Å². The molecule has 262 valence electrons. The summed E-state index contributed by atoms with van der Waals surface area (Å²) in [6.45, 7) is 0.801. The quantitative estimate of drug-likeness (QED) is 0.126. The van der Waals surface area contributed by atoms with E-state index in [9.17, 15) is 0 Å². The summed E-state index contributed by atoms with van der Waals surface area (Å²) in [4.78, 5) is 9.79. The van der Waals surface area contributed by atoms with Gasteiger partial charge in [-0.05, 0) is 75.3 Å². The van der Waals surface area contributed by atoms with Crippen molar-refractivity contribution in [2.75, 3.05) is 23.5 Å². The van der Waals surface area contributed by atoms with E-state index in [1.54, 1.807) is 0 Å². The molecule has 7 aromatic carbocycles. The van der Waals surface area contributed by atoms with Crippen molar-refractivity contribution in [1.82, 2.24) is 9.55 Å². The van der Waals surface area contributed by atoms with Crippen molar-refractivity contribution < 1.29 is 0 Å². The molecule has 55 heavy (non-hydrogen) atoms. The predicted molar refractivity (Wildman–Crippen MR) is 237 cm³/mol. The fourth-order valence-corrected chi connectivity index (χ4v) is 15.0. The minimum Gasteiger partial charge on any atom is -0.355 e. The lowest BCUT2D eigenvalue weighted by atomic mass is 10.1. The summed E-state index contributed by atoms with van der Waals surface area (Å²) in [7, 11) is -0.758. The standard InChI is InChI=1S/C49H36N4SSi/c1-51-33-52(43-23-10-9-22-42(43)51)34-15-14-20-37(31-34)55(35-16-4-2-5-17-35,36-18-6-3-7-19-36)38-26-27-39-40-28-29-46-48(41-21-8-11-24-45(41)54-46)49(40)53(44(39)32-38)47-25-12-13-30-50-47/h2-32H,33H2,1H3. The van der Waals surface area contributed by atoms with Gasteiger partial charge in [0.1, 0.15) is 5.82 Å². The Morgan fingerprint density at radius 3 is 1.98 bits per heavy atom. The second kappa shape index (κ2) is 12.6. The van der Waals surface area contributed by atoms with Crippen molar-refractivity contribution in [3.05, 3.63) is 188 Å². The summed E-state index contributed by atoms with van der Waals surface area (Å²) in [6, 6.07) is 67.6. The first-order chi connectivity index (χ1) is 27.2. The molecule has 0 unspecified atom stereocenters. The van der Waals surface area contributed by atoms with Crippen LogP contribution in [0.15, 0.2) is 188 Å². The number of nitrogens with zero attached hydrogens (tertiary/aromatic N) is 4. The second-order valence-corrected chi connectivity index (χ2v) is 19.4. The van der Waals surface area contributed by atoms with Crippen molar-refractivity contribution in [2.24, 2.45) is 0 Å². The molecule has 0 bridgehead atoms. The molecule has 0 amide bonds. The Bertz CT molecular complexity index is 3010. The fourth-order valence-electron chi connectivity index (χ4n) is 9.15. The van der Waals surface area contributed by atoms with Gasteiger partial charge in [0.05, 0.1) is 29.1 Å².